The zero-order valence-electron chi connectivity index (χ0n) is 18.1. The van der Waals surface area contributed by atoms with Gasteiger partial charge in [0.05, 0.1) is 22.3 Å². The van der Waals surface area contributed by atoms with Gasteiger partial charge in [-0.15, -0.1) is 0 Å². The van der Waals surface area contributed by atoms with E-state index in [4.69, 9.17) is 4.74 Å². The Morgan fingerprint density at radius 1 is 0.969 bits per heavy atom. The molecule has 0 N–H and O–H groups in total. The third-order valence-corrected chi connectivity index (χ3v) is 7.78. The van der Waals surface area contributed by atoms with E-state index in [0.717, 1.165) is 16.7 Å². The molecule has 0 aromatic heterocycles. The van der Waals surface area contributed by atoms with Crippen LogP contribution in [0, 0.1) is 18.7 Å². The fourth-order valence-electron chi connectivity index (χ4n) is 5.07. The number of hydrogen-bond donors (Lipinski definition) is 0. The van der Waals surface area contributed by atoms with E-state index in [1.807, 2.05) is 51.1 Å². The van der Waals surface area contributed by atoms with Crippen LogP contribution in [0.5, 0.6) is 0 Å². The van der Waals surface area contributed by atoms with E-state index >= 15 is 0 Å². The molecule has 1 aliphatic heterocycles. The summed E-state index contributed by atoms with van der Waals surface area (Å²) in [6.45, 7) is 5.89. The monoisotopic (exact) mass is 449 g/mol. The van der Waals surface area contributed by atoms with E-state index in [0.29, 0.717) is 11.3 Å². The first kappa shape index (κ1) is 21.0. The van der Waals surface area contributed by atoms with Crippen LogP contribution in [0.3, 0.4) is 0 Å². The zero-order chi connectivity index (χ0) is 22.7. The molecule has 1 aliphatic carbocycles. The third kappa shape index (κ3) is 3.38. The van der Waals surface area contributed by atoms with Crippen LogP contribution in [-0.2, 0) is 14.8 Å². The topological polar surface area (TPSA) is 55.7 Å². The Labute approximate surface area is 187 Å². The van der Waals surface area contributed by atoms with Crippen LogP contribution < -0.4 is 0 Å². The van der Waals surface area contributed by atoms with Crippen molar-refractivity contribution in [3.05, 3.63) is 101 Å². The number of rotatable bonds is 3. The molecule has 2 aliphatic rings. The summed E-state index contributed by atoms with van der Waals surface area (Å²) in [6, 6.07) is 20.9. The molecule has 0 spiro atoms. The van der Waals surface area contributed by atoms with Gasteiger partial charge in [0.1, 0.15) is 5.82 Å². The summed E-state index contributed by atoms with van der Waals surface area (Å²) in [5.74, 6) is -0.904. The van der Waals surface area contributed by atoms with Crippen LogP contribution >= 0.6 is 0 Å². The van der Waals surface area contributed by atoms with Crippen LogP contribution in [0.2, 0.25) is 0 Å². The van der Waals surface area contributed by atoms with Crippen LogP contribution in [0.1, 0.15) is 48.1 Å². The van der Waals surface area contributed by atoms with Crippen molar-refractivity contribution in [3.8, 4) is 0 Å². The molecule has 0 bridgehead atoms. The maximum Gasteiger partial charge on any atom is 0.282 e. The highest BCUT2D eigenvalue weighted by Gasteiger charge is 2.57. The quantitative estimate of drug-likeness (QED) is 0.525. The molecule has 3 aromatic rings. The minimum atomic E-state index is -3.99. The lowest BCUT2D eigenvalue weighted by Gasteiger charge is -2.26. The highest BCUT2D eigenvalue weighted by Crippen LogP contribution is 2.58. The predicted molar refractivity (Wildman–Crippen MR) is 122 cm³/mol. The smallest absolute Gasteiger partial charge is 0.282 e. The first-order chi connectivity index (χ1) is 15.2. The van der Waals surface area contributed by atoms with Gasteiger partial charge in [-0.25, -0.2) is 4.39 Å². The van der Waals surface area contributed by atoms with Gasteiger partial charge < -0.3 is 4.74 Å². The molecular weight excluding hydrogens is 425 g/mol. The van der Waals surface area contributed by atoms with Gasteiger partial charge in [0.2, 0.25) is 0 Å². The number of ether oxygens (including phenoxy) is 1. The van der Waals surface area contributed by atoms with Gasteiger partial charge >= 0.3 is 0 Å². The van der Waals surface area contributed by atoms with Crippen LogP contribution in [0.25, 0.3) is 0 Å². The molecule has 3 atom stereocenters. The Bertz CT molecular complexity index is 1310. The van der Waals surface area contributed by atoms with Crippen molar-refractivity contribution in [2.45, 2.75) is 43.3 Å². The van der Waals surface area contributed by atoms with Gasteiger partial charge in [-0.1, -0.05) is 54.1 Å². The zero-order valence-corrected chi connectivity index (χ0v) is 18.9. The number of fused-ring (bicyclic) bond motifs is 3. The molecule has 0 amide bonds. The Balaban J connectivity index is 1.72. The second-order valence-electron chi connectivity index (χ2n) is 9.05. The van der Waals surface area contributed by atoms with Gasteiger partial charge in [-0.05, 0) is 56.2 Å². The molecule has 164 valence electrons. The number of aryl methyl sites for hydroxylation is 1. The van der Waals surface area contributed by atoms with Crippen LogP contribution in [-0.4, -0.2) is 19.7 Å². The minimum Gasteiger partial charge on any atom is -0.366 e. The normalized spacial score (nSPS) is 25.0. The summed E-state index contributed by atoms with van der Waals surface area (Å²) < 4.78 is 51.6. The summed E-state index contributed by atoms with van der Waals surface area (Å²) >= 11 is 0. The minimum absolute atomic E-state index is 0.117. The molecule has 1 saturated heterocycles. The Hall–Kier alpha value is -2.83. The third-order valence-electron chi connectivity index (χ3n) is 6.47. The summed E-state index contributed by atoms with van der Waals surface area (Å²) in [7, 11) is -3.99. The molecule has 0 saturated carbocycles. The van der Waals surface area contributed by atoms with Gasteiger partial charge in [0.15, 0.2) is 0 Å². The number of sulfonamides is 1. The van der Waals surface area contributed by atoms with Gasteiger partial charge in [-0.2, -0.15) is 12.8 Å². The van der Waals surface area contributed by atoms with Gasteiger partial charge in [0.25, 0.3) is 10.0 Å². The van der Waals surface area contributed by atoms with E-state index in [9.17, 15) is 12.8 Å². The summed E-state index contributed by atoms with van der Waals surface area (Å²) in [4.78, 5) is 0.117. The molecule has 1 fully saturated rings. The number of halogens is 1. The van der Waals surface area contributed by atoms with E-state index in [-0.39, 0.29) is 16.7 Å². The Morgan fingerprint density at radius 2 is 1.66 bits per heavy atom. The maximum absolute atomic E-state index is 14.3. The summed E-state index contributed by atoms with van der Waals surface area (Å²) in [5, 5.41) is 0. The summed E-state index contributed by atoms with van der Waals surface area (Å²) in [5.41, 5.74) is 3.11. The number of hydrogen-bond acceptors (Lipinski definition) is 3. The van der Waals surface area contributed by atoms with Crippen molar-refractivity contribution in [1.82, 2.24) is 0 Å². The van der Waals surface area contributed by atoms with Gasteiger partial charge in [-0.3, -0.25) is 0 Å². The lowest BCUT2D eigenvalue weighted by molar-refractivity contribution is -0.0248. The van der Waals surface area contributed by atoms with Crippen molar-refractivity contribution in [2.75, 3.05) is 0 Å². The molecular formula is C26H24FNO3S. The van der Waals surface area contributed by atoms with Gasteiger partial charge in [0, 0.05) is 17.4 Å². The predicted octanol–water partition coefficient (Wildman–Crippen LogP) is 5.58. The maximum atomic E-state index is 14.3. The second-order valence-corrected chi connectivity index (χ2v) is 10.7. The molecule has 1 heterocycles. The Morgan fingerprint density at radius 3 is 2.34 bits per heavy atom. The van der Waals surface area contributed by atoms with E-state index in [1.165, 1.54) is 12.1 Å². The van der Waals surface area contributed by atoms with E-state index in [2.05, 4.69) is 4.40 Å². The molecule has 0 radical (unpaired) electrons. The highest BCUT2D eigenvalue weighted by molar-refractivity contribution is 7.90. The average Bonchev–Trinajstić information content (AvgIpc) is 3.21. The number of benzene rings is 3. The first-order valence-electron chi connectivity index (χ1n) is 10.6. The molecule has 4 nitrogen and oxygen atoms in total. The lowest BCUT2D eigenvalue weighted by Crippen LogP contribution is -2.26. The Kier molecular flexibility index (Phi) is 4.84. The fourth-order valence-corrected chi connectivity index (χ4v) is 6.14. The molecule has 3 aromatic carbocycles. The SMILES string of the molecule is Cc1ccc(S(=O)(=O)/N=C2\c3cc(F)ccc3[C@H]3[C@@H]2[C@@H](c2ccccc2)OC3(C)C)cc1. The summed E-state index contributed by atoms with van der Waals surface area (Å²) in [6.07, 6.45) is -0.390. The van der Waals surface area contributed by atoms with Crippen LogP contribution in [0.4, 0.5) is 4.39 Å². The van der Waals surface area contributed by atoms with E-state index < -0.39 is 27.5 Å². The second kappa shape index (κ2) is 7.36. The number of nitrogens with zero attached hydrogens (tertiary/aromatic N) is 1. The van der Waals surface area contributed by atoms with Crippen molar-refractivity contribution in [3.63, 3.8) is 0 Å². The van der Waals surface area contributed by atoms with Crippen molar-refractivity contribution in [1.29, 1.82) is 0 Å². The van der Waals surface area contributed by atoms with Crippen molar-refractivity contribution >= 4 is 15.7 Å². The molecule has 6 heteroatoms. The van der Waals surface area contributed by atoms with Crippen LogP contribution in [0.15, 0.2) is 82.1 Å². The fraction of sp³-hybridized carbons (Fsp3) is 0.269. The van der Waals surface area contributed by atoms with E-state index in [1.54, 1.807) is 30.3 Å². The first-order valence-corrected chi connectivity index (χ1v) is 12.1. The molecule has 0 unspecified atom stereocenters. The van der Waals surface area contributed by atoms with Crippen molar-refractivity contribution in [2.24, 2.45) is 10.3 Å². The average molecular weight is 450 g/mol. The standard InChI is InChI=1S/C26H24FNO3S/c1-16-9-12-19(13-10-16)32(29,30)28-24-21-15-18(27)11-14-20(21)23-22(24)25(31-26(23,2)3)17-7-5-4-6-8-17/h4-15,22-23,25H,1-3H3/b28-24+/t22-,23-,25+/m0/s1. The highest BCUT2D eigenvalue weighted by atomic mass is 32.2. The lowest BCUT2D eigenvalue weighted by atomic mass is 9.79. The van der Waals surface area contributed by atoms with Crippen molar-refractivity contribution < 1.29 is 17.5 Å². The molecule has 5 rings (SSSR count). The largest absolute Gasteiger partial charge is 0.366 e. The molecule has 32 heavy (non-hydrogen) atoms.